The molecule has 7 heteroatoms. The first kappa shape index (κ1) is 18.3. The van der Waals surface area contributed by atoms with Crippen molar-refractivity contribution in [1.29, 1.82) is 5.26 Å². The summed E-state index contributed by atoms with van der Waals surface area (Å²) in [5, 5.41) is 11.3. The minimum absolute atomic E-state index is 0.129. The first-order valence-electron chi connectivity index (χ1n) is 7.59. The molecule has 0 spiro atoms. The van der Waals surface area contributed by atoms with Crippen LogP contribution >= 0.6 is 0 Å². The summed E-state index contributed by atoms with van der Waals surface area (Å²) in [6, 6.07) is 9.16. The number of nitriles is 1. The zero-order valence-corrected chi connectivity index (χ0v) is 13.5. The number of hydrogen-bond donors (Lipinski definition) is 1. The van der Waals surface area contributed by atoms with Crippen molar-refractivity contribution in [1.82, 2.24) is 5.32 Å². The summed E-state index contributed by atoms with van der Waals surface area (Å²) in [6.45, 7) is 1.78. The molecule has 0 aliphatic rings. The number of rotatable bonds is 6. The number of carbonyl (C=O) groups excluding carboxylic acids is 1. The Kier molecular flexibility index (Phi) is 6.01. The Balaban J connectivity index is 2.05. The van der Waals surface area contributed by atoms with Gasteiger partial charge in [-0.05, 0) is 36.8 Å². The van der Waals surface area contributed by atoms with Gasteiger partial charge in [0.05, 0.1) is 18.2 Å². The van der Waals surface area contributed by atoms with E-state index >= 15 is 0 Å². The molecule has 0 aliphatic carbocycles. The molecule has 4 nitrogen and oxygen atoms in total. The van der Waals surface area contributed by atoms with Gasteiger partial charge < -0.3 is 10.2 Å². The fourth-order valence-corrected chi connectivity index (χ4v) is 2.31. The van der Waals surface area contributed by atoms with Gasteiger partial charge in [-0.3, -0.25) is 4.79 Å². The molecular formula is C18H16F3N3O. The molecule has 0 unspecified atom stereocenters. The van der Waals surface area contributed by atoms with Crippen molar-refractivity contribution in [3.8, 4) is 6.07 Å². The van der Waals surface area contributed by atoms with Crippen molar-refractivity contribution in [3.63, 3.8) is 0 Å². The van der Waals surface area contributed by atoms with Crippen LogP contribution in [0.2, 0.25) is 0 Å². The van der Waals surface area contributed by atoms with Gasteiger partial charge in [0.25, 0.3) is 0 Å². The van der Waals surface area contributed by atoms with Gasteiger partial charge in [-0.1, -0.05) is 12.1 Å². The third kappa shape index (κ3) is 4.73. The number of hydrogen-bond acceptors (Lipinski definition) is 3. The molecular weight excluding hydrogens is 331 g/mol. The first-order chi connectivity index (χ1) is 11.9. The molecule has 0 aliphatic heterocycles. The second-order valence-corrected chi connectivity index (χ2v) is 5.32. The normalized spacial score (nSPS) is 10.2. The van der Waals surface area contributed by atoms with Crippen LogP contribution in [0.25, 0.3) is 0 Å². The topological polar surface area (TPSA) is 56.1 Å². The second kappa shape index (κ2) is 8.20. The van der Waals surface area contributed by atoms with E-state index in [1.165, 1.54) is 29.2 Å². The number of nitrogens with one attached hydrogen (secondary N) is 1. The van der Waals surface area contributed by atoms with Crippen LogP contribution in [0.4, 0.5) is 18.9 Å². The zero-order valence-electron chi connectivity index (χ0n) is 13.5. The van der Waals surface area contributed by atoms with Gasteiger partial charge in [0.1, 0.15) is 11.5 Å². The van der Waals surface area contributed by atoms with Crippen LogP contribution in [-0.4, -0.2) is 19.0 Å². The number of anilines is 1. The van der Waals surface area contributed by atoms with Gasteiger partial charge in [-0.2, -0.15) is 5.26 Å². The van der Waals surface area contributed by atoms with E-state index in [0.29, 0.717) is 5.56 Å². The van der Waals surface area contributed by atoms with E-state index in [1.54, 1.807) is 13.0 Å². The molecule has 1 N–H and O–H groups in total. The zero-order chi connectivity index (χ0) is 18.4. The van der Waals surface area contributed by atoms with Crippen molar-refractivity contribution < 1.29 is 18.0 Å². The Morgan fingerprint density at radius 1 is 1.16 bits per heavy atom. The minimum atomic E-state index is -0.898. The van der Waals surface area contributed by atoms with Crippen molar-refractivity contribution in [2.24, 2.45) is 0 Å². The third-order valence-corrected chi connectivity index (χ3v) is 3.58. The molecule has 0 saturated carbocycles. The maximum absolute atomic E-state index is 14.1. The fourth-order valence-electron chi connectivity index (χ4n) is 2.31. The summed E-state index contributed by atoms with van der Waals surface area (Å²) in [6.07, 6.45) is 0. The molecule has 130 valence electrons. The predicted octanol–water partition coefficient (Wildman–Crippen LogP) is 3.12. The summed E-state index contributed by atoms with van der Waals surface area (Å²) >= 11 is 0. The molecule has 2 aromatic carbocycles. The van der Waals surface area contributed by atoms with E-state index in [0.717, 1.165) is 12.1 Å². The lowest BCUT2D eigenvalue weighted by Crippen LogP contribution is -2.37. The van der Waals surface area contributed by atoms with Gasteiger partial charge in [-0.15, -0.1) is 0 Å². The molecule has 0 bridgehead atoms. The average Bonchev–Trinajstić information content (AvgIpc) is 2.59. The Hall–Kier alpha value is -3.01. The SMILES string of the molecule is CCN(CC(=O)NCc1ccc(F)cc1)c1c(F)cc(C#N)cc1F. The Morgan fingerprint density at radius 3 is 2.28 bits per heavy atom. The van der Waals surface area contributed by atoms with E-state index in [1.807, 2.05) is 0 Å². The van der Waals surface area contributed by atoms with E-state index in [4.69, 9.17) is 5.26 Å². The molecule has 0 fully saturated rings. The summed E-state index contributed by atoms with van der Waals surface area (Å²) in [4.78, 5) is 13.3. The van der Waals surface area contributed by atoms with Gasteiger partial charge in [0.15, 0.2) is 11.6 Å². The van der Waals surface area contributed by atoms with Crippen molar-refractivity contribution in [2.45, 2.75) is 13.5 Å². The van der Waals surface area contributed by atoms with Crippen LogP contribution in [0.5, 0.6) is 0 Å². The molecule has 0 aromatic heterocycles. The van der Waals surface area contributed by atoms with E-state index in [2.05, 4.69) is 5.32 Å². The van der Waals surface area contributed by atoms with E-state index in [-0.39, 0.29) is 36.7 Å². The standard InChI is InChI=1S/C18H16F3N3O/c1-2-24(18-15(20)7-13(9-22)8-16(18)21)11-17(25)23-10-12-3-5-14(19)6-4-12/h3-8H,2,10-11H2,1H3,(H,23,25). The molecule has 2 rings (SSSR count). The lowest BCUT2D eigenvalue weighted by Gasteiger charge is -2.23. The maximum Gasteiger partial charge on any atom is 0.239 e. The number of amides is 1. The van der Waals surface area contributed by atoms with E-state index < -0.39 is 17.5 Å². The van der Waals surface area contributed by atoms with Crippen LogP contribution in [0.15, 0.2) is 36.4 Å². The maximum atomic E-state index is 14.1. The summed E-state index contributed by atoms with van der Waals surface area (Å²) in [7, 11) is 0. The molecule has 0 saturated heterocycles. The van der Waals surface area contributed by atoms with Gasteiger partial charge >= 0.3 is 0 Å². The largest absolute Gasteiger partial charge is 0.358 e. The highest BCUT2D eigenvalue weighted by Gasteiger charge is 2.19. The predicted molar refractivity (Wildman–Crippen MR) is 87.2 cm³/mol. The molecule has 25 heavy (non-hydrogen) atoms. The van der Waals surface area contributed by atoms with Gasteiger partial charge in [0, 0.05) is 13.1 Å². The van der Waals surface area contributed by atoms with Crippen LogP contribution in [-0.2, 0) is 11.3 Å². The fraction of sp³-hybridized carbons (Fsp3) is 0.222. The smallest absolute Gasteiger partial charge is 0.239 e. The van der Waals surface area contributed by atoms with E-state index in [9.17, 15) is 18.0 Å². The van der Waals surface area contributed by atoms with Crippen LogP contribution < -0.4 is 10.2 Å². The number of carbonyl (C=O) groups is 1. The van der Waals surface area contributed by atoms with Crippen molar-refractivity contribution >= 4 is 11.6 Å². The summed E-state index contributed by atoms with van der Waals surface area (Å²) < 4.78 is 41.0. The highest BCUT2D eigenvalue weighted by Crippen LogP contribution is 2.24. The van der Waals surface area contributed by atoms with Crippen molar-refractivity contribution in [2.75, 3.05) is 18.0 Å². The number of halogens is 3. The minimum Gasteiger partial charge on any atom is -0.358 e. The number of likely N-dealkylation sites (N-methyl/N-ethyl adjacent to an activating group) is 1. The lowest BCUT2D eigenvalue weighted by molar-refractivity contribution is -0.119. The monoisotopic (exact) mass is 347 g/mol. The Labute approximate surface area is 143 Å². The van der Waals surface area contributed by atoms with Crippen molar-refractivity contribution in [3.05, 3.63) is 65.0 Å². The Morgan fingerprint density at radius 2 is 1.76 bits per heavy atom. The highest BCUT2D eigenvalue weighted by atomic mass is 19.1. The van der Waals surface area contributed by atoms with Crippen LogP contribution in [0.1, 0.15) is 18.1 Å². The molecule has 0 heterocycles. The second-order valence-electron chi connectivity index (χ2n) is 5.32. The summed E-state index contributed by atoms with van der Waals surface area (Å²) in [5.74, 6) is -2.61. The lowest BCUT2D eigenvalue weighted by atomic mass is 10.2. The van der Waals surface area contributed by atoms with Gasteiger partial charge in [-0.25, -0.2) is 13.2 Å². The molecule has 0 atom stereocenters. The van der Waals surface area contributed by atoms with Crippen LogP contribution in [0, 0.1) is 28.8 Å². The average molecular weight is 347 g/mol. The Bertz CT molecular complexity index is 777. The first-order valence-corrected chi connectivity index (χ1v) is 7.59. The third-order valence-electron chi connectivity index (χ3n) is 3.58. The number of benzene rings is 2. The number of nitrogens with zero attached hydrogens (tertiary/aromatic N) is 2. The van der Waals surface area contributed by atoms with Crippen LogP contribution in [0.3, 0.4) is 0 Å². The molecule has 2 aromatic rings. The molecule has 0 radical (unpaired) electrons. The quantitative estimate of drug-likeness (QED) is 0.874. The van der Waals surface area contributed by atoms with Gasteiger partial charge in [0.2, 0.25) is 5.91 Å². The summed E-state index contributed by atoms with van der Waals surface area (Å²) in [5.41, 5.74) is 0.225. The highest BCUT2D eigenvalue weighted by molar-refractivity contribution is 5.81. The molecule has 1 amide bonds.